The lowest BCUT2D eigenvalue weighted by atomic mass is 10.0. The van der Waals surface area contributed by atoms with Crippen LogP contribution in [0.25, 0.3) is 0 Å². The molecular weight excluding hydrogens is 166 g/mol. The van der Waals surface area contributed by atoms with Crippen LogP contribution in [-0.2, 0) is 6.42 Å². The van der Waals surface area contributed by atoms with E-state index in [0.29, 0.717) is 5.56 Å². The molecule has 3 nitrogen and oxygen atoms in total. The average molecular weight is 179 g/mol. The number of aromatic nitrogens is 1. The SMILES string of the molecule is CCCCc1ccncc1C(=O)O. The first-order chi connectivity index (χ1) is 6.25. The van der Waals surface area contributed by atoms with E-state index in [9.17, 15) is 4.79 Å². The number of carboxylic acids is 1. The van der Waals surface area contributed by atoms with Crippen molar-refractivity contribution >= 4 is 5.97 Å². The highest BCUT2D eigenvalue weighted by atomic mass is 16.4. The van der Waals surface area contributed by atoms with Crippen molar-refractivity contribution < 1.29 is 9.90 Å². The van der Waals surface area contributed by atoms with Crippen LogP contribution in [0.15, 0.2) is 18.5 Å². The van der Waals surface area contributed by atoms with Crippen molar-refractivity contribution in [1.82, 2.24) is 4.98 Å². The van der Waals surface area contributed by atoms with Crippen LogP contribution in [0.5, 0.6) is 0 Å². The highest BCUT2D eigenvalue weighted by molar-refractivity contribution is 5.88. The maximum absolute atomic E-state index is 10.7. The number of aromatic carboxylic acids is 1. The van der Waals surface area contributed by atoms with Gasteiger partial charge in [-0.3, -0.25) is 4.98 Å². The van der Waals surface area contributed by atoms with Gasteiger partial charge in [-0.25, -0.2) is 4.79 Å². The summed E-state index contributed by atoms with van der Waals surface area (Å²) in [5.74, 6) is -0.890. The van der Waals surface area contributed by atoms with E-state index in [1.54, 1.807) is 12.3 Å². The van der Waals surface area contributed by atoms with Gasteiger partial charge in [-0.05, 0) is 24.5 Å². The number of unbranched alkanes of at least 4 members (excludes halogenated alkanes) is 1. The molecule has 0 bridgehead atoms. The van der Waals surface area contributed by atoms with Crippen molar-refractivity contribution in [3.63, 3.8) is 0 Å². The zero-order valence-corrected chi connectivity index (χ0v) is 7.66. The molecule has 1 heterocycles. The molecule has 0 saturated carbocycles. The third-order valence-electron chi connectivity index (χ3n) is 1.94. The molecule has 0 aromatic carbocycles. The highest BCUT2D eigenvalue weighted by Gasteiger charge is 2.08. The summed E-state index contributed by atoms with van der Waals surface area (Å²) in [6.07, 6.45) is 5.96. The Morgan fingerprint density at radius 2 is 2.38 bits per heavy atom. The number of carboxylic acid groups (broad SMARTS) is 1. The van der Waals surface area contributed by atoms with Gasteiger partial charge in [0.25, 0.3) is 0 Å². The van der Waals surface area contributed by atoms with Crippen molar-refractivity contribution in [2.24, 2.45) is 0 Å². The number of carbonyl (C=O) groups is 1. The average Bonchev–Trinajstić information content (AvgIpc) is 2.15. The topological polar surface area (TPSA) is 50.2 Å². The van der Waals surface area contributed by atoms with Gasteiger partial charge in [-0.15, -0.1) is 0 Å². The van der Waals surface area contributed by atoms with E-state index in [1.165, 1.54) is 6.20 Å². The van der Waals surface area contributed by atoms with Crippen LogP contribution >= 0.6 is 0 Å². The first-order valence-corrected chi connectivity index (χ1v) is 4.42. The lowest BCUT2D eigenvalue weighted by molar-refractivity contribution is 0.0695. The van der Waals surface area contributed by atoms with Crippen LogP contribution in [0.2, 0.25) is 0 Å². The summed E-state index contributed by atoms with van der Waals surface area (Å²) < 4.78 is 0. The Balaban J connectivity index is 2.84. The number of aryl methyl sites for hydroxylation is 1. The lowest BCUT2D eigenvalue weighted by Gasteiger charge is -2.03. The molecule has 0 unspecified atom stereocenters. The van der Waals surface area contributed by atoms with Crippen molar-refractivity contribution in [1.29, 1.82) is 0 Å². The number of rotatable bonds is 4. The molecular formula is C10H13NO2. The van der Waals surface area contributed by atoms with E-state index in [0.717, 1.165) is 24.8 Å². The molecule has 0 spiro atoms. The quantitative estimate of drug-likeness (QED) is 0.770. The van der Waals surface area contributed by atoms with E-state index in [1.807, 2.05) is 0 Å². The van der Waals surface area contributed by atoms with E-state index < -0.39 is 5.97 Å². The monoisotopic (exact) mass is 179 g/mol. The van der Waals surface area contributed by atoms with Crippen molar-refractivity contribution in [3.05, 3.63) is 29.6 Å². The van der Waals surface area contributed by atoms with Crippen LogP contribution in [0, 0.1) is 0 Å². The number of nitrogens with zero attached hydrogens (tertiary/aromatic N) is 1. The Kier molecular flexibility index (Phi) is 3.43. The van der Waals surface area contributed by atoms with E-state index in [4.69, 9.17) is 5.11 Å². The fourth-order valence-electron chi connectivity index (χ4n) is 1.20. The maximum Gasteiger partial charge on any atom is 0.337 e. The Morgan fingerprint density at radius 3 is 3.00 bits per heavy atom. The first kappa shape index (κ1) is 9.71. The van der Waals surface area contributed by atoms with E-state index in [2.05, 4.69) is 11.9 Å². The van der Waals surface area contributed by atoms with Gasteiger partial charge in [-0.2, -0.15) is 0 Å². The second-order valence-corrected chi connectivity index (χ2v) is 2.94. The van der Waals surface area contributed by atoms with Crippen LogP contribution in [-0.4, -0.2) is 16.1 Å². The first-order valence-electron chi connectivity index (χ1n) is 4.42. The minimum Gasteiger partial charge on any atom is -0.478 e. The zero-order chi connectivity index (χ0) is 9.68. The molecule has 13 heavy (non-hydrogen) atoms. The summed E-state index contributed by atoms with van der Waals surface area (Å²) >= 11 is 0. The molecule has 0 radical (unpaired) electrons. The van der Waals surface area contributed by atoms with Gasteiger partial charge < -0.3 is 5.11 Å². The Hall–Kier alpha value is -1.38. The molecule has 1 rings (SSSR count). The van der Waals surface area contributed by atoms with Gasteiger partial charge in [0.1, 0.15) is 0 Å². The number of hydrogen-bond acceptors (Lipinski definition) is 2. The normalized spacial score (nSPS) is 9.92. The minimum absolute atomic E-state index is 0.330. The largest absolute Gasteiger partial charge is 0.478 e. The molecule has 1 aromatic rings. The van der Waals surface area contributed by atoms with Gasteiger partial charge in [0.15, 0.2) is 0 Å². The van der Waals surface area contributed by atoms with Crippen molar-refractivity contribution in [2.45, 2.75) is 26.2 Å². The minimum atomic E-state index is -0.890. The fourth-order valence-corrected chi connectivity index (χ4v) is 1.20. The molecule has 0 atom stereocenters. The smallest absolute Gasteiger partial charge is 0.337 e. The lowest BCUT2D eigenvalue weighted by Crippen LogP contribution is -2.02. The molecule has 1 aromatic heterocycles. The van der Waals surface area contributed by atoms with Gasteiger partial charge in [0, 0.05) is 12.4 Å². The van der Waals surface area contributed by atoms with Crippen LogP contribution in [0.1, 0.15) is 35.7 Å². The standard InChI is InChI=1S/C10H13NO2/c1-2-3-4-8-5-6-11-7-9(8)10(12)13/h5-7H,2-4H2,1H3,(H,12,13). The highest BCUT2D eigenvalue weighted by Crippen LogP contribution is 2.10. The van der Waals surface area contributed by atoms with E-state index in [-0.39, 0.29) is 0 Å². The maximum atomic E-state index is 10.7. The van der Waals surface area contributed by atoms with Gasteiger partial charge >= 0.3 is 5.97 Å². The van der Waals surface area contributed by atoms with Gasteiger partial charge in [0.05, 0.1) is 5.56 Å². The fraction of sp³-hybridized carbons (Fsp3) is 0.400. The van der Waals surface area contributed by atoms with Crippen molar-refractivity contribution in [2.75, 3.05) is 0 Å². The predicted octanol–water partition coefficient (Wildman–Crippen LogP) is 2.12. The number of hydrogen-bond donors (Lipinski definition) is 1. The third kappa shape index (κ3) is 2.54. The van der Waals surface area contributed by atoms with Gasteiger partial charge in [-0.1, -0.05) is 13.3 Å². The molecule has 0 amide bonds. The van der Waals surface area contributed by atoms with Crippen LogP contribution in [0.4, 0.5) is 0 Å². The van der Waals surface area contributed by atoms with Crippen LogP contribution < -0.4 is 0 Å². The molecule has 0 aliphatic carbocycles. The number of pyridine rings is 1. The Bertz CT molecular complexity index is 297. The molecule has 1 N–H and O–H groups in total. The summed E-state index contributed by atoms with van der Waals surface area (Å²) in [5.41, 5.74) is 1.21. The summed E-state index contributed by atoms with van der Waals surface area (Å²) in [4.78, 5) is 14.5. The van der Waals surface area contributed by atoms with Crippen molar-refractivity contribution in [3.8, 4) is 0 Å². The Labute approximate surface area is 77.4 Å². The molecule has 0 aliphatic rings. The molecule has 3 heteroatoms. The molecule has 70 valence electrons. The second kappa shape index (κ2) is 4.60. The third-order valence-corrected chi connectivity index (χ3v) is 1.94. The summed E-state index contributed by atoms with van der Waals surface area (Å²) in [7, 11) is 0. The van der Waals surface area contributed by atoms with E-state index >= 15 is 0 Å². The summed E-state index contributed by atoms with van der Waals surface area (Å²) in [5, 5.41) is 8.82. The molecule has 0 fully saturated rings. The van der Waals surface area contributed by atoms with Crippen LogP contribution in [0.3, 0.4) is 0 Å². The summed E-state index contributed by atoms with van der Waals surface area (Å²) in [6.45, 7) is 2.08. The molecule has 0 saturated heterocycles. The van der Waals surface area contributed by atoms with Gasteiger partial charge in [0.2, 0.25) is 0 Å². The Morgan fingerprint density at radius 1 is 1.62 bits per heavy atom. The predicted molar refractivity (Wildman–Crippen MR) is 49.8 cm³/mol. The summed E-state index contributed by atoms with van der Waals surface area (Å²) in [6, 6.07) is 1.78. The second-order valence-electron chi connectivity index (χ2n) is 2.94. The molecule has 0 aliphatic heterocycles. The zero-order valence-electron chi connectivity index (χ0n) is 7.66.